The summed E-state index contributed by atoms with van der Waals surface area (Å²) in [5, 5.41) is 9.01. The maximum atomic E-state index is 4.32. The van der Waals surface area contributed by atoms with E-state index in [-0.39, 0.29) is 24.0 Å². The highest BCUT2D eigenvalue weighted by Gasteiger charge is 2.31. The number of thiophene rings is 1. The molecule has 7 heteroatoms. The first kappa shape index (κ1) is 18.0. The zero-order valence-electron chi connectivity index (χ0n) is 13.1. The summed E-state index contributed by atoms with van der Waals surface area (Å²) in [5.74, 6) is 0.921. The predicted octanol–water partition coefficient (Wildman–Crippen LogP) is 1.07. The summed E-state index contributed by atoms with van der Waals surface area (Å²) in [6, 6.07) is 4.92. The Kier molecular flexibility index (Phi) is 7.39. The molecule has 3 fully saturated rings. The molecule has 1 aromatic rings. The molecule has 0 saturated carbocycles. The van der Waals surface area contributed by atoms with E-state index in [0.717, 1.165) is 25.5 Å². The Bertz CT molecular complexity index is 457. The van der Waals surface area contributed by atoms with Crippen LogP contribution in [-0.4, -0.2) is 74.7 Å². The SMILES string of the molecule is CN=C(NCCc1cccs1)NCC1CN2CCN1CC2.I. The molecular weight excluding hydrogens is 409 g/mol. The zero-order valence-corrected chi connectivity index (χ0v) is 16.3. The number of hydrogen-bond donors (Lipinski definition) is 2. The Morgan fingerprint density at radius 1 is 1.32 bits per heavy atom. The van der Waals surface area contributed by atoms with Gasteiger partial charge in [-0.05, 0) is 17.9 Å². The van der Waals surface area contributed by atoms with Gasteiger partial charge in [0.05, 0.1) is 0 Å². The van der Waals surface area contributed by atoms with Gasteiger partial charge in [0.1, 0.15) is 0 Å². The lowest BCUT2D eigenvalue weighted by molar-refractivity contribution is 0.0154. The lowest BCUT2D eigenvalue weighted by Gasteiger charge is -2.47. The van der Waals surface area contributed by atoms with Crippen molar-refractivity contribution in [2.45, 2.75) is 12.5 Å². The van der Waals surface area contributed by atoms with Crippen molar-refractivity contribution in [1.82, 2.24) is 20.4 Å². The van der Waals surface area contributed by atoms with E-state index in [2.05, 4.69) is 42.9 Å². The Labute approximate surface area is 154 Å². The second-order valence-corrected chi connectivity index (χ2v) is 6.73. The summed E-state index contributed by atoms with van der Waals surface area (Å²) in [7, 11) is 1.84. The van der Waals surface area contributed by atoms with E-state index in [0.29, 0.717) is 6.04 Å². The fourth-order valence-corrected chi connectivity index (χ4v) is 3.82. The van der Waals surface area contributed by atoms with Gasteiger partial charge >= 0.3 is 0 Å². The molecule has 4 heterocycles. The molecule has 22 heavy (non-hydrogen) atoms. The van der Waals surface area contributed by atoms with Gasteiger partial charge in [0.15, 0.2) is 5.96 Å². The largest absolute Gasteiger partial charge is 0.356 e. The van der Waals surface area contributed by atoms with E-state index >= 15 is 0 Å². The number of rotatable bonds is 5. The van der Waals surface area contributed by atoms with Gasteiger partial charge in [-0.25, -0.2) is 0 Å². The van der Waals surface area contributed by atoms with Crippen molar-refractivity contribution in [3.8, 4) is 0 Å². The number of nitrogens with zero attached hydrogens (tertiary/aromatic N) is 3. The van der Waals surface area contributed by atoms with Crippen LogP contribution in [0.2, 0.25) is 0 Å². The summed E-state index contributed by atoms with van der Waals surface area (Å²) >= 11 is 1.81. The average molecular weight is 435 g/mol. The van der Waals surface area contributed by atoms with Gasteiger partial charge in [-0.15, -0.1) is 35.3 Å². The van der Waals surface area contributed by atoms with E-state index in [1.165, 1.54) is 37.6 Å². The molecule has 4 rings (SSSR count). The van der Waals surface area contributed by atoms with Gasteiger partial charge in [0.25, 0.3) is 0 Å². The second kappa shape index (κ2) is 9.05. The van der Waals surface area contributed by atoms with E-state index in [9.17, 15) is 0 Å². The average Bonchev–Trinajstić information content (AvgIpc) is 3.05. The Hall–Kier alpha value is -0.380. The molecule has 5 nitrogen and oxygen atoms in total. The van der Waals surface area contributed by atoms with Crippen LogP contribution in [0.1, 0.15) is 4.88 Å². The molecule has 0 spiro atoms. The van der Waals surface area contributed by atoms with Crippen molar-refractivity contribution in [3.05, 3.63) is 22.4 Å². The molecule has 3 aliphatic rings. The predicted molar refractivity (Wildman–Crippen MR) is 105 cm³/mol. The van der Waals surface area contributed by atoms with Crippen LogP contribution in [-0.2, 0) is 6.42 Å². The van der Waals surface area contributed by atoms with Crippen LogP contribution in [0.25, 0.3) is 0 Å². The third kappa shape index (κ3) is 4.81. The molecule has 3 aliphatic heterocycles. The quantitative estimate of drug-likeness (QED) is 0.413. The van der Waals surface area contributed by atoms with Crippen LogP contribution in [0.4, 0.5) is 0 Å². The highest BCUT2D eigenvalue weighted by atomic mass is 127. The van der Waals surface area contributed by atoms with E-state index < -0.39 is 0 Å². The van der Waals surface area contributed by atoms with Crippen LogP contribution in [0.15, 0.2) is 22.5 Å². The normalized spacial score (nSPS) is 27.3. The smallest absolute Gasteiger partial charge is 0.191 e. The van der Waals surface area contributed by atoms with Gasteiger partial charge in [0.2, 0.25) is 0 Å². The first-order chi connectivity index (χ1) is 10.3. The monoisotopic (exact) mass is 435 g/mol. The van der Waals surface area contributed by atoms with E-state index in [4.69, 9.17) is 0 Å². The number of hydrogen-bond acceptors (Lipinski definition) is 4. The topological polar surface area (TPSA) is 42.9 Å². The minimum Gasteiger partial charge on any atom is -0.356 e. The van der Waals surface area contributed by atoms with Crippen molar-refractivity contribution in [1.29, 1.82) is 0 Å². The molecule has 0 aromatic carbocycles. The maximum Gasteiger partial charge on any atom is 0.191 e. The van der Waals surface area contributed by atoms with Crippen LogP contribution >= 0.6 is 35.3 Å². The van der Waals surface area contributed by atoms with Gasteiger partial charge in [-0.2, -0.15) is 0 Å². The molecule has 0 radical (unpaired) electrons. The lowest BCUT2D eigenvalue weighted by Crippen LogP contribution is -2.63. The van der Waals surface area contributed by atoms with Crippen LogP contribution in [0.5, 0.6) is 0 Å². The molecule has 2 bridgehead atoms. The molecule has 0 amide bonds. The Morgan fingerprint density at radius 2 is 2.14 bits per heavy atom. The zero-order chi connectivity index (χ0) is 14.5. The van der Waals surface area contributed by atoms with E-state index in [1.54, 1.807) is 0 Å². The molecule has 3 saturated heterocycles. The first-order valence-electron chi connectivity index (χ1n) is 7.78. The van der Waals surface area contributed by atoms with Crippen LogP contribution in [0.3, 0.4) is 0 Å². The molecule has 124 valence electrons. The minimum absolute atomic E-state index is 0. The number of nitrogens with one attached hydrogen (secondary N) is 2. The van der Waals surface area contributed by atoms with Crippen molar-refractivity contribution in [2.24, 2.45) is 4.99 Å². The minimum atomic E-state index is 0. The second-order valence-electron chi connectivity index (χ2n) is 5.70. The number of piperazine rings is 3. The van der Waals surface area contributed by atoms with Crippen LogP contribution < -0.4 is 10.6 Å². The maximum absolute atomic E-state index is 4.32. The fraction of sp³-hybridized carbons (Fsp3) is 0.667. The summed E-state index contributed by atoms with van der Waals surface area (Å²) in [4.78, 5) is 10.9. The molecule has 2 N–H and O–H groups in total. The number of halogens is 1. The summed E-state index contributed by atoms with van der Waals surface area (Å²) in [6.07, 6.45) is 1.06. The number of fused-ring (bicyclic) bond motifs is 3. The summed E-state index contributed by atoms with van der Waals surface area (Å²) in [5.41, 5.74) is 0. The van der Waals surface area contributed by atoms with Crippen LogP contribution in [0, 0.1) is 0 Å². The molecule has 1 atom stereocenters. The molecule has 0 aliphatic carbocycles. The third-order valence-electron chi connectivity index (χ3n) is 4.36. The summed E-state index contributed by atoms with van der Waals surface area (Å²) in [6.45, 7) is 8.02. The van der Waals surface area contributed by atoms with Crippen molar-refractivity contribution in [3.63, 3.8) is 0 Å². The van der Waals surface area contributed by atoms with Gasteiger partial charge in [-0.1, -0.05) is 6.07 Å². The highest BCUT2D eigenvalue weighted by molar-refractivity contribution is 14.0. The molecular formula is C15H26IN5S. The molecule has 1 aromatic heterocycles. The standard InChI is InChI=1S/C15H25N5S.HI/c1-16-15(17-5-4-14-3-2-10-21-14)18-11-13-12-19-6-8-20(13)9-7-19;/h2-3,10,13H,4-9,11-12H2,1H3,(H2,16,17,18);1H. The van der Waals surface area contributed by atoms with Gasteiger partial charge in [-0.3, -0.25) is 14.8 Å². The van der Waals surface area contributed by atoms with Crippen molar-refractivity contribution in [2.75, 3.05) is 52.9 Å². The summed E-state index contributed by atoms with van der Waals surface area (Å²) < 4.78 is 0. The Balaban J connectivity index is 0.00000176. The van der Waals surface area contributed by atoms with Gasteiger partial charge in [0, 0.05) is 63.8 Å². The first-order valence-corrected chi connectivity index (χ1v) is 8.66. The Morgan fingerprint density at radius 3 is 2.73 bits per heavy atom. The lowest BCUT2D eigenvalue weighted by atomic mass is 10.1. The number of aliphatic imine (C=N–C) groups is 1. The molecule has 1 unspecified atom stereocenters. The van der Waals surface area contributed by atoms with Crippen molar-refractivity contribution < 1.29 is 0 Å². The fourth-order valence-electron chi connectivity index (χ4n) is 3.11. The van der Waals surface area contributed by atoms with E-state index in [1.807, 2.05) is 18.4 Å². The third-order valence-corrected chi connectivity index (χ3v) is 5.30. The number of guanidine groups is 1. The van der Waals surface area contributed by atoms with Crippen molar-refractivity contribution >= 4 is 41.3 Å². The van der Waals surface area contributed by atoms with Gasteiger partial charge < -0.3 is 10.6 Å². The highest BCUT2D eigenvalue weighted by Crippen LogP contribution is 2.14.